The molecule has 0 bridgehead atoms. The highest BCUT2D eigenvalue weighted by molar-refractivity contribution is 6.35. The van der Waals surface area contributed by atoms with E-state index >= 15 is 0 Å². The van der Waals surface area contributed by atoms with Crippen LogP contribution in [0.15, 0.2) is 79.3 Å². The summed E-state index contributed by atoms with van der Waals surface area (Å²) in [5.41, 5.74) is 7.28. The highest BCUT2D eigenvalue weighted by Gasteiger charge is 2.34. The number of hydrogen-bond acceptors (Lipinski definition) is 5. The molecule has 0 radical (unpaired) electrons. The van der Waals surface area contributed by atoms with Crippen LogP contribution in [-0.4, -0.2) is 50.8 Å². The van der Waals surface area contributed by atoms with Crippen LogP contribution in [0.25, 0.3) is 22.2 Å². The molecule has 3 heterocycles. The Labute approximate surface area is 225 Å². The Bertz CT molecular complexity index is 1580. The van der Waals surface area contributed by atoms with Crippen molar-refractivity contribution in [2.24, 2.45) is 0 Å². The van der Waals surface area contributed by atoms with E-state index in [0.29, 0.717) is 22.6 Å². The van der Waals surface area contributed by atoms with Crippen LogP contribution in [0.2, 0.25) is 10.0 Å². The van der Waals surface area contributed by atoms with E-state index in [9.17, 15) is 0 Å². The molecule has 7 rings (SSSR count). The lowest BCUT2D eigenvalue weighted by atomic mass is 10.0. The van der Waals surface area contributed by atoms with Crippen molar-refractivity contribution in [2.75, 3.05) is 31.1 Å². The molecule has 2 aliphatic rings. The molecule has 8 heteroatoms. The molecule has 1 saturated heterocycles. The number of aromatic nitrogens is 4. The zero-order valence-electron chi connectivity index (χ0n) is 20.1. The van der Waals surface area contributed by atoms with Crippen LogP contribution in [0.5, 0.6) is 0 Å². The van der Waals surface area contributed by atoms with E-state index in [1.165, 1.54) is 22.3 Å². The zero-order valence-corrected chi connectivity index (χ0v) is 21.6. The maximum Gasteiger partial charge on any atom is 0.163 e. The van der Waals surface area contributed by atoms with Crippen molar-refractivity contribution in [3.05, 3.63) is 106 Å². The van der Waals surface area contributed by atoms with E-state index in [2.05, 4.69) is 73.4 Å². The molecule has 1 fully saturated rings. The van der Waals surface area contributed by atoms with Gasteiger partial charge in [-0.1, -0.05) is 77.8 Å². The summed E-state index contributed by atoms with van der Waals surface area (Å²) in [5.74, 6) is 0.935. The standard InChI is InChI=1S/C29H24Cl2N6/c30-20-10-9-19(26(31)15-20)17-37-29-25(16-34-37)28(32-18-33-29)36-13-11-35(12-14-36)27-23-7-3-1-5-21(23)22-6-2-4-8-24(22)27/h1-10,15-16,18,27H,11-14,17H2. The van der Waals surface area contributed by atoms with Gasteiger partial charge in [0, 0.05) is 36.2 Å². The average Bonchev–Trinajstić information content (AvgIpc) is 3.49. The van der Waals surface area contributed by atoms with Crippen LogP contribution in [0, 0.1) is 0 Å². The molecule has 1 aliphatic heterocycles. The number of nitrogens with zero attached hydrogens (tertiary/aromatic N) is 6. The van der Waals surface area contributed by atoms with Crippen molar-refractivity contribution in [1.82, 2.24) is 24.6 Å². The lowest BCUT2D eigenvalue weighted by Crippen LogP contribution is -2.48. The lowest BCUT2D eigenvalue weighted by Gasteiger charge is -2.39. The van der Waals surface area contributed by atoms with Gasteiger partial charge >= 0.3 is 0 Å². The quantitative estimate of drug-likeness (QED) is 0.284. The minimum Gasteiger partial charge on any atom is -0.353 e. The first-order valence-corrected chi connectivity index (χ1v) is 13.2. The SMILES string of the molecule is Clc1ccc(Cn2ncc3c(N4CCN(C5c6ccccc6-c6ccccc65)CC4)ncnc32)c(Cl)c1. The molecule has 2 aromatic heterocycles. The molecule has 37 heavy (non-hydrogen) atoms. The molecule has 1 aliphatic carbocycles. The minimum absolute atomic E-state index is 0.298. The van der Waals surface area contributed by atoms with Crippen LogP contribution in [0.4, 0.5) is 5.82 Å². The first-order chi connectivity index (χ1) is 18.2. The van der Waals surface area contributed by atoms with Crippen molar-refractivity contribution in [2.45, 2.75) is 12.6 Å². The fourth-order valence-corrected chi connectivity index (χ4v) is 6.24. The highest BCUT2D eigenvalue weighted by Crippen LogP contribution is 2.46. The van der Waals surface area contributed by atoms with Gasteiger partial charge in [0.2, 0.25) is 0 Å². The van der Waals surface area contributed by atoms with E-state index in [1.807, 2.05) is 23.0 Å². The third-order valence-corrected chi connectivity index (χ3v) is 8.11. The topological polar surface area (TPSA) is 50.1 Å². The molecule has 0 unspecified atom stereocenters. The number of halogens is 2. The van der Waals surface area contributed by atoms with Crippen molar-refractivity contribution in [3.8, 4) is 11.1 Å². The number of anilines is 1. The van der Waals surface area contributed by atoms with Crippen LogP contribution in [0.1, 0.15) is 22.7 Å². The number of benzene rings is 3. The second-order valence-corrected chi connectivity index (χ2v) is 10.4. The molecule has 5 aromatic rings. The molecule has 3 aromatic carbocycles. The van der Waals surface area contributed by atoms with Crippen molar-refractivity contribution in [1.29, 1.82) is 0 Å². The predicted molar refractivity (Wildman–Crippen MR) is 148 cm³/mol. The van der Waals surface area contributed by atoms with Gasteiger partial charge in [-0.2, -0.15) is 5.10 Å². The maximum absolute atomic E-state index is 6.41. The Morgan fingerprint density at radius 2 is 1.51 bits per heavy atom. The van der Waals surface area contributed by atoms with E-state index in [-0.39, 0.29) is 0 Å². The monoisotopic (exact) mass is 526 g/mol. The molecule has 0 spiro atoms. The molecule has 6 nitrogen and oxygen atoms in total. The molecule has 0 amide bonds. The Morgan fingerprint density at radius 1 is 0.811 bits per heavy atom. The molecular formula is C29H24Cl2N6. The van der Waals surface area contributed by atoms with E-state index < -0.39 is 0 Å². The third kappa shape index (κ3) is 3.87. The Hall–Kier alpha value is -3.45. The number of rotatable bonds is 4. The normalized spacial score (nSPS) is 15.8. The summed E-state index contributed by atoms with van der Waals surface area (Å²) in [7, 11) is 0. The average molecular weight is 527 g/mol. The fraction of sp³-hybridized carbons (Fsp3) is 0.207. The smallest absolute Gasteiger partial charge is 0.163 e. The minimum atomic E-state index is 0.298. The largest absolute Gasteiger partial charge is 0.353 e. The Balaban J connectivity index is 1.13. The van der Waals surface area contributed by atoms with Crippen LogP contribution in [-0.2, 0) is 6.54 Å². The molecule has 0 atom stereocenters. The molecule has 0 N–H and O–H groups in total. The van der Waals surface area contributed by atoms with Crippen molar-refractivity contribution in [3.63, 3.8) is 0 Å². The third-order valence-electron chi connectivity index (χ3n) is 7.53. The first kappa shape index (κ1) is 22.7. The molecule has 184 valence electrons. The lowest BCUT2D eigenvalue weighted by molar-refractivity contribution is 0.215. The second-order valence-electron chi connectivity index (χ2n) is 9.57. The number of piperazine rings is 1. The summed E-state index contributed by atoms with van der Waals surface area (Å²) in [6.07, 6.45) is 3.50. The van der Waals surface area contributed by atoms with Crippen molar-refractivity contribution >= 4 is 40.1 Å². The fourth-order valence-electron chi connectivity index (χ4n) is 5.77. The summed E-state index contributed by atoms with van der Waals surface area (Å²) < 4.78 is 1.87. The highest BCUT2D eigenvalue weighted by atomic mass is 35.5. The summed E-state index contributed by atoms with van der Waals surface area (Å²) in [6.45, 7) is 4.20. The summed E-state index contributed by atoms with van der Waals surface area (Å²) >= 11 is 12.5. The van der Waals surface area contributed by atoms with Gasteiger partial charge in [-0.05, 0) is 39.9 Å². The summed E-state index contributed by atoms with van der Waals surface area (Å²) in [5, 5.41) is 6.82. The zero-order chi connectivity index (χ0) is 24.9. The van der Waals surface area contributed by atoms with Gasteiger partial charge in [-0.15, -0.1) is 0 Å². The predicted octanol–water partition coefficient (Wildman–Crippen LogP) is 6.07. The number of hydrogen-bond donors (Lipinski definition) is 0. The van der Waals surface area contributed by atoms with Crippen LogP contribution >= 0.6 is 23.2 Å². The second kappa shape index (κ2) is 9.14. The van der Waals surface area contributed by atoms with Crippen LogP contribution < -0.4 is 4.90 Å². The molecule has 0 saturated carbocycles. The maximum atomic E-state index is 6.41. The first-order valence-electron chi connectivity index (χ1n) is 12.4. The van der Waals surface area contributed by atoms with Gasteiger partial charge in [0.25, 0.3) is 0 Å². The Kier molecular flexibility index (Phi) is 5.61. The van der Waals surface area contributed by atoms with Gasteiger partial charge in [0.15, 0.2) is 5.65 Å². The van der Waals surface area contributed by atoms with Crippen LogP contribution in [0.3, 0.4) is 0 Å². The summed E-state index contributed by atoms with van der Waals surface area (Å²) in [4.78, 5) is 14.2. The van der Waals surface area contributed by atoms with E-state index in [4.69, 9.17) is 23.2 Å². The molecular weight excluding hydrogens is 503 g/mol. The summed E-state index contributed by atoms with van der Waals surface area (Å²) in [6, 6.07) is 23.5. The van der Waals surface area contributed by atoms with Gasteiger partial charge < -0.3 is 4.90 Å². The van der Waals surface area contributed by atoms with Gasteiger partial charge in [0.05, 0.1) is 24.2 Å². The number of fused-ring (bicyclic) bond motifs is 4. The van der Waals surface area contributed by atoms with Gasteiger partial charge in [0.1, 0.15) is 12.1 Å². The Morgan fingerprint density at radius 3 is 2.22 bits per heavy atom. The van der Waals surface area contributed by atoms with Gasteiger partial charge in [-0.25, -0.2) is 14.6 Å². The van der Waals surface area contributed by atoms with E-state index in [1.54, 1.807) is 12.4 Å². The van der Waals surface area contributed by atoms with Crippen molar-refractivity contribution < 1.29 is 0 Å². The van der Waals surface area contributed by atoms with Gasteiger partial charge in [-0.3, -0.25) is 4.90 Å². The van der Waals surface area contributed by atoms with E-state index in [0.717, 1.165) is 48.6 Å².